The number of rotatable bonds is 3. The second-order valence-corrected chi connectivity index (χ2v) is 3.55. The third-order valence-electron chi connectivity index (χ3n) is 2.45. The van der Waals surface area contributed by atoms with Gasteiger partial charge in [-0.25, -0.2) is 4.98 Å². The van der Waals surface area contributed by atoms with Crippen molar-refractivity contribution in [3.63, 3.8) is 0 Å². The van der Waals surface area contributed by atoms with Crippen LogP contribution in [0.15, 0.2) is 18.2 Å². The van der Waals surface area contributed by atoms with Crippen molar-refractivity contribution >= 4 is 0 Å². The topological polar surface area (TPSA) is 34.1 Å². The Kier molecular flexibility index (Phi) is 5.86. The highest BCUT2D eigenvalue weighted by molar-refractivity contribution is 5.16. The average molecular weight is 222 g/mol. The number of aryl methyl sites for hydroxylation is 1. The number of nitrogens with zero attached hydrogens (tertiary/aromatic N) is 1. The van der Waals surface area contributed by atoms with E-state index in [1.165, 1.54) is 0 Å². The van der Waals surface area contributed by atoms with Gasteiger partial charge < -0.3 is 10.1 Å². The zero-order chi connectivity index (χ0) is 11.8. The molecule has 1 aliphatic heterocycles. The van der Waals surface area contributed by atoms with Gasteiger partial charge in [-0.1, -0.05) is 26.8 Å². The standard InChI is InChI=1S/C11H16N2O.C2H6/c1-2-9-4-3-5-11(13-9)14-10-6-7-12-8-10;1-2/h3-5,10,12H,2,6-8H2,1H3;1-2H3. The van der Waals surface area contributed by atoms with E-state index in [4.69, 9.17) is 4.74 Å². The number of ether oxygens (including phenoxy) is 1. The third kappa shape index (κ3) is 3.81. The van der Waals surface area contributed by atoms with Crippen molar-refractivity contribution in [2.24, 2.45) is 0 Å². The van der Waals surface area contributed by atoms with Gasteiger partial charge in [-0.3, -0.25) is 0 Å². The molecule has 3 heteroatoms. The lowest BCUT2D eigenvalue weighted by atomic mass is 10.3. The van der Waals surface area contributed by atoms with E-state index < -0.39 is 0 Å². The summed E-state index contributed by atoms with van der Waals surface area (Å²) < 4.78 is 5.74. The van der Waals surface area contributed by atoms with Crippen LogP contribution in [0.3, 0.4) is 0 Å². The van der Waals surface area contributed by atoms with Crippen LogP contribution in [0.2, 0.25) is 0 Å². The van der Waals surface area contributed by atoms with E-state index in [9.17, 15) is 0 Å². The lowest BCUT2D eigenvalue weighted by Crippen LogP contribution is -2.20. The number of aromatic nitrogens is 1. The van der Waals surface area contributed by atoms with Crippen LogP contribution in [-0.4, -0.2) is 24.2 Å². The van der Waals surface area contributed by atoms with E-state index in [0.29, 0.717) is 6.10 Å². The Morgan fingerprint density at radius 1 is 1.44 bits per heavy atom. The molecule has 1 aliphatic rings. The molecule has 2 heterocycles. The van der Waals surface area contributed by atoms with Crippen LogP contribution >= 0.6 is 0 Å². The SMILES string of the molecule is CC.CCc1cccc(OC2CCNC2)n1. The van der Waals surface area contributed by atoms with Crippen LogP contribution in [0.4, 0.5) is 0 Å². The molecule has 1 fully saturated rings. The maximum Gasteiger partial charge on any atom is 0.213 e. The molecule has 0 aliphatic carbocycles. The van der Waals surface area contributed by atoms with Gasteiger partial charge in [0.05, 0.1) is 0 Å². The molecule has 2 rings (SSSR count). The van der Waals surface area contributed by atoms with Gasteiger partial charge in [-0.05, 0) is 25.5 Å². The van der Waals surface area contributed by atoms with Crippen LogP contribution in [-0.2, 0) is 6.42 Å². The highest BCUT2D eigenvalue weighted by atomic mass is 16.5. The molecule has 3 nitrogen and oxygen atoms in total. The molecule has 1 aromatic heterocycles. The number of hydrogen-bond acceptors (Lipinski definition) is 3. The molecule has 0 bridgehead atoms. The minimum Gasteiger partial charge on any atom is -0.473 e. The van der Waals surface area contributed by atoms with E-state index in [1.807, 2.05) is 32.0 Å². The minimum absolute atomic E-state index is 0.301. The highest BCUT2D eigenvalue weighted by Gasteiger charge is 2.16. The van der Waals surface area contributed by atoms with Gasteiger partial charge in [-0.2, -0.15) is 0 Å². The predicted octanol–water partition coefficient (Wildman–Crippen LogP) is 2.41. The van der Waals surface area contributed by atoms with E-state index in [-0.39, 0.29) is 0 Å². The van der Waals surface area contributed by atoms with E-state index >= 15 is 0 Å². The molecule has 0 spiro atoms. The molecule has 1 unspecified atom stereocenters. The van der Waals surface area contributed by atoms with Gasteiger partial charge in [0.15, 0.2) is 0 Å². The Hall–Kier alpha value is -1.09. The van der Waals surface area contributed by atoms with Crippen molar-refractivity contribution in [3.05, 3.63) is 23.9 Å². The molecule has 1 saturated heterocycles. The zero-order valence-corrected chi connectivity index (χ0v) is 10.5. The molecule has 0 aromatic carbocycles. The Morgan fingerprint density at radius 3 is 2.88 bits per heavy atom. The van der Waals surface area contributed by atoms with E-state index in [2.05, 4.69) is 17.2 Å². The van der Waals surface area contributed by atoms with Gasteiger partial charge in [0.1, 0.15) is 6.10 Å². The summed E-state index contributed by atoms with van der Waals surface area (Å²) in [6.45, 7) is 8.10. The minimum atomic E-state index is 0.301. The summed E-state index contributed by atoms with van der Waals surface area (Å²) in [6, 6.07) is 5.96. The maximum absolute atomic E-state index is 5.74. The first-order chi connectivity index (χ1) is 7.88. The summed E-state index contributed by atoms with van der Waals surface area (Å²) in [5.74, 6) is 0.762. The van der Waals surface area contributed by atoms with Crippen molar-refractivity contribution in [2.45, 2.75) is 39.7 Å². The highest BCUT2D eigenvalue weighted by Crippen LogP contribution is 2.12. The molecule has 0 radical (unpaired) electrons. The van der Waals surface area contributed by atoms with Gasteiger partial charge in [-0.15, -0.1) is 0 Å². The first kappa shape index (κ1) is 13.0. The molecule has 0 saturated carbocycles. The van der Waals surface area contributed by atoms with Gasteiger partial charge in [0.2, 0.25) is 5.88 Å². The van der Waals surface area contributed by atoms with Crippen LogP contribution < -0.4 is 10.1 Å². The molecule has 90 valence electrons. The molecule has 16 heavy (non-hydrogen) atoms. The number of pyridine rings is 1. The smallest absolute Gasteiger partial charge is 0.213 e. The predicted molar refractivity (Wildman–Crippen MR) is 66.9 cm³/mol. The zero-order valence-electron chi connectivity index (χ0n) is 10.5. The second-order valence-electron chi connectivity index (χ2n) is 3.55. The second kappa shape index (κ2) is 7.23. The molecule has 1 atom stereocenters. The summed E-state index contributed by atoms with van der Waals surface area (Å²) in [5, 5.41) is 3.27. The van der Waals surface area contributed by atoms with Crippen molar-refractivity contribution in [3.8, 4) is 5.88 Å². The summed E-state index contributed by atoms with van der Waals surface area (Å²) in [5.41, 5.74) is 1.09. The van der Waals surface area contributed by atoms with Crippen molar-refractivity contribution in [2.75, 3.05) is 13.1 Å². The molecular formula is C13H22N2O. The van der Waals surface area contributed by atoms with Crippen molar-refractivity contribution in [1.82, 2.24) is 10.3 Å². The average Bonchev–Trinajstić information content (AvgIpc) is 2.85. The first-order valence-corrected chi connectivity index (χ1v) is 6.22. The fourth-order valence-electron chi connectivity index (χ4n) is 1.62. The van der Waals surface area contributed by atoms with E-state index in [0.717, 1.165) is 37.5 Å². The lowest BCUT2D eigenvalue weighted by Gasteiger charge is -2.11. The van der Waals surface area contributed by atoms with Gasteiger partial charge in [0, 0.05) is 18.3 Å². The Balaban J connectivity index is 0.000000606. The Morgan fingerprint density at radius 2 is 2.25 bits per heavy atom. The van der Waals surface area contributed by atoms with Gasteiger partial charge in [0.25, 0.3) is 0 Å². The quantitative estimate of drug-likeness (QED) is 0.852. The number of hydrogen-bond donors (Lipinski definition) is 1. The third-order valence-corrected chi connectivity index (χ3v) is 2.45. The Bertz CT molecular complexity index is 296. The normalized spacial score (nSPS) is 18.8. The summed E-state index contributed by atoms with van der Waals surface area (Å²) >= 11 is 0. The molecular weight excluding hydrogens is 200 g/mol. The Labute approximate surface area is 98.2 Å². The summed E-state index contributed by atoms with van der Waals surface area (Å²) in [4.78, 5) is 4.40. The fraction of sp³-hybridized carbons (Fsp3) is 0.615. The van der Waals surface area contributed by atoms with Crippen LogP contribution in [0, 0.1) is 0 Å². The van der Waals surface area contributed by atoms with Crippen LogP contribution in [0.1, 0.15) is 32.9 Å². The fourth-order valence-corrected chi connectivity index (χ4v) is 1.62. The lowest BCUT2D eigenvalue weighted by molar-refractivity contribution is 0.213. The summed E-state index contributed by atoms with van der Waals surface area (Å²) in [6.07, 6.45) is 2.34. The molecule has 1 N–H and O–H groups in total. The van der Waals surface area contributed by atoms with Crippen LogP contribution in [0.5, 0.6) is 5.88 Å². The maximum atomic E-state index is 5.74. The molecule has 1 aromatic rings. The van der Waals surface area contributed by atoms with E-state index in [1.54, 1.807) is 0 Å². The van der Waals surface area contributed by atoms with Crippen molar-refractivity contribution in [1.29, 1.82) is 0 Å². The van der Waals surface area contributed by atoms with Crippen LogP contribution in [0.25, 0.3) is 0 Å². The van der Waals surface area contributed by atoms with Gasteiger partial charge >= 0.3 is 0 Å². The first-order valence-electron chi connectivity index (χ1n) is 6.22. The van der Waals surface area contributed by atoms with Crippen molar-refractivity contribution < 1.29 is 4.74 Å². The number of nitrogens with one attached hydrogen (secondary N) is 1. The largest absolute Gasteiger partial charge is 0.473 e. The monoisotopic (exact) mass is 222 g/mol. The molecule has 0 amide bonds. The summed E-state index contributed by atoms with van der Waals surface area (Å²) in [7, 11) is 0.